The number of hydrogen-bond acceptors (Lipinski definition) is 4. The molecule has 2 saturated heterocycles. The van der Waals surface area contributed by atoms with Gasteiger partial charge in [0, 0.05) is 76.4 Å². The van der Waals surface area contributed by atoms with E-state index < -0.39 is 0 Å². The number of rotatable bonds is 4. The number of para-hydroxylation sites is 1. The summed E-state index contributed by atoms with van der Waals surface area (Å²) in [5, 5.41) is 1.09. The van der Waals surface area contributed by atoms with Crippen LogP contribution in [0.2, 0.25) is 0 Å². The van der Waals surface area contributed by atoms with Crippen LogP contribution in [0.1, 0.15) is 29.8 Å². The van der Waals surface area contributed by atoms with Crippen LogP contribution in [0.4, 0.5) is 0 Å². The second-order valence-electron chi connectivity index (χ2n) is 9.22. The Morgan fingerprint density at radius 1 is 0.903 bits per heavy atom. The molecule has 0 radical (unpaired) electrons. The van der Waals surface area contributed by atoms with E-state index >= 15 is 0 Å². The van der Waals surface area contributed by atoms with Crippen molar-refractivity contribution in [2.45, 2.75) is 25.3 Å². The molecule has 0 spiro atoms. The minimum Gasteiger partial charge on any atom is -0.340 e. The van der Waals surface area contributed by atoms with Gasteiger partial charge in [0.1, 0.15) is 5.69 Å². The molecule has 7 nitrogen and oxygen atoms in total. The summed E-state index contributed by atoms with van der Waals surface area (Å²) in [5.41, 5.74) is 1.81. The molecule has 2 aliphatic heterocycles. The smallest absolute Gasteiger partial charge is 0.270 e. The summed E-state index contributed by atoms with van der Waals surface area (Å²) in [4.78, 5) is 34.6. The molecular weight excluding hydrogens is 390 g/mol. The van der Waals surface area contributed by atoms with Crippen molar-refractivity contribution in [2.75, 3.05) is 58.9 Å². The minimum atomic E-state index is 0.0804. The molecule has 3 aliphatic rings. The summed E-state index contributed by atoms with van der Waals surface area (Å²) >= 11 is 0. The maximum Gasteiger partial charge on any atom is 0.270 e. The van der Waals surface area contributed by atoms with Gasteiger partial charge in [-0.05, 0) is 25.0 Å². The fraction of sp³-hybridized carbons (Fsp3) is 0.583. The summed E-state index contributed by atoms with van der Waals surface area (Å²) < 4.78 is 1.98. The van der Waals surface area contributed by atoms with Crippen molar-refractivity contribution in [3.63, 3.8) is 0 Å². The number of benzene rings is 1. The first-order chi connectivity index (χ1) is 15.1. The van der Waals surface area contributed by atoms with E-state index in [1.165, 1.54) is 19.3 Å². The molecule has 2 aromatic rings. The molecule has 0 unspecified atom stereocenters. The fourth-order valence-corrected chi connectivity index (χ4v) is 5.14. The number of aryl methyl sites for hydroxylation is 1. The molecule has 0 atom stereocenters. The second kappa shape index (κ2) is 8.63. The second-order valence-corrected chi connectivity index (χ2v) is 9.22. The van der Waals surface area contributed by atoms with Crippen molar-refractivity contribution in [3.05, 3.63) is 36.0 Å². The maximum absolute atomic E-state index is 13.1. The highest BCUT2D eigenvalue weighted by atomic mass is 16.2. The fourth-order valence-electron chi connectivity index (χ4n) is 5.14. The molecule has 0 N–H and O–H groups in total. The molecule has 7 heteroatoms. The molecule has 2 amide bonds. The Bertz CT molecular complexity index is 950. The van der Waals surface area contributed by atoms with Crippen LogP contribution in [0.15, 0.2) is 30.3 Å². The molecule has 3 fully saturated rings. The van der Waals surface area contributed by atoms with E-state index in [9.17, 15) is 9.59 Å². The average Bonchev–Trinajstić information content (AvgIpc) is 3.10. The van der Waals surface area contributed by atoms with Crippen LogP contribution >= 0.6 is 0 Å². The van der Waals surface area contributed by atoms with Crippen molar-refractivity contribution in [1.29, 1.82) is 0 Å². The molecule has 5 rings (SSSR count). The SMILES string of the molecule is Cn1c(C(=O)N2CCN(CC(=O)N3CCN(C4CCC4)CC3)CC2)cc2ccccc21. The molecule has 166 valence electrons. The topological polar surface area (TPSA) is 52.0 Å². The molecule has 31 heavy (non-hydrogen) atoms. The van der Waals surface area contributed by atoms with Crippen molar-refractivity contribution < 1.29 is 9.59 Å². The van der Waals surface area contributed by atoms with Gasteiger partial charge >= 0.3 is 0 Å². The number of nitrogens with zero attached hydrogens (tertiary/aromatic N) is 5. The third kappa shape index (κ3) is 4.08. The number of fused-ring (bicyclic) bond motifs is 1. The van der Waals surface area contributed by atoms with Gasteiger partial charge in [-0.25, -0.2) is 0 Å². The largest absolute Gasteiger partial charge is 0.340 e. The first-order valence-corrected chi connectivity index (χ1v) is 11.7. The van der Waals surface area contributed by atoms with E-state index in [2.05, 4.69) is 9.80 Å². The highest BCUT2D eigenvalue weighted by Crippen LogP contribution is 2.25. The predicted octanol–water partition coefficient (Wildman–Crippen LogP) is 1.63. The number of carbonyl (C=O) groups is 2. The molecule has 3 heterocycles. The lowest BCUT2D eigenvalue weighted by molar-refractivity contribution is -0.135. The maximum atomic E-state index is 13.1. The Labute approximate surface area is 184 Å². The van der Waals surface area contributed by atoms with Gasteiger partial charge in [0.15, 0.2) is 0 Å². The number of aromatic nitrogens is 1. The molecule has 1 aromatic heterocycles. The van der Waals surface area contributed by atoms with Gasteiger partial charge in [-0.3, -0.25) is 19.4 Å². The first-order valence-electron chi connectivity index (χ1n) is 11.7. The van der Waals surface area contributed by atoms with E-state index in [1.54, 1.807) is 0 Å². The highest BCUT2D eigenvalue weighted by molar-refractivity contribution is 5.98. The lowest BCUT2D eigenvalue weighted by atomic mass is 9.91. The van der Waals surface area contributed by atoms with Crippen LogP contribution in [-0.2, 0) is 11.8 Å². The minimum absolute atomic E-state index is 0.0804. The van der Waals surface area contributed by atoms with Crippen LogP contribution in [0.3, 0.4) is 0 Å². The summed E-state index contributed by atoms with van der Waals surface area (Å²) in [6.07, 6.45) is 4.02. The standard InChI is InChI=1S/C24H33N5O2/c1-25-21-8-3-2-5-19(21)17-22(25)24(31)29-11-9-26(10-12-29)18-23(30)28-15-13-27(14-16-28)20-6-4-7-20/h2-3,5,8,17,20H,4,6-7,9-16,18H2,1H3. The van der Waals surface area contributed by atoms with E-state index in [0.29, 0.717) is 19.6 Å². The first kappa shape index (κ1) is 20.5. The Morgan fingerprint density at radius 2 is 1.58 bits per heavy atom. The van der Waals surface area contributed by atoms with Crippen LogP contribution in [0, 0.1) is 0 Å². The third-order valence-corrected chi connectivity index (χ3v) is 7.45. The average molecular weight is 424 g/mol. The van der Waals surface area contributed by atoms with Crippen molar-refractivity contribution in [1.82, 2.24) is 24.2 Å². The van der Waals surface area contributed by atoms with Crippen molar-refractivity contribution in [2.24, 2.45) is 7.05 Å². The Hall–Kier alpha value is -2.38. The quantitative estimate of drug-likeness (QED) is 0.750. The van der Waals surface area contributed by atoms with E-state index in [-0.39, 0.29) is 11.8 Å². The Balaban J connectivity index is 1.11. The number of amides is 2. The van der Waals surface area contributed by atoms with Gasteiger partial charge in [-0.2, -0.15) is 0 Å². The van der Waals surface area contributed by atoms with Crippen LogP contribution in [-0.4, -0.2) is 101 Å². The molecule has 1 aromatic carbocycles. The van der Waals surface area contributed by atoms with Gasteiger partial charge in [-0.1, -0.05) is 24.6 Å². The lowest BCUT2D eigenvalue weighted by Crippen LogP contribution is -2.56. The normalized spacial score (nSPS) is 21.5. The zero-order chi connectivity index (χ0) is 21.4. The van der Waals surface area contributed by atoms with Gasteiger partial charge < -0.3 is 14.4 Å². The number of carbonyl (C=O) groups excluding carboxylic acids is 2. The summed E-state index contributed by atoms with van der Waals surface area (Å²) in [6.45, 7) is 7.07. The highest BCUT2D eigenvalue weighted by Gasteiger charge is 2.31. The van der Waals surface area contributed by atoms with E-state index in [4.69, 9.17) is 0 Å². The Morgan fingerprint density at radius 3 is 2.23 bits per heavy atom. The van der Waals surface area contributed by atoms with Gasteiger partial charge in [0.05, 0.1) is 6.54 Å². The van der Waals surface area contributed by atoms with Gasteiger partial charge in [-0.15, -0.1) is 0 Å². The zero-order valence-electron chi connectivity index (χ0n) is 18.5. The summed E-state index contributed by atoms with van der Waals surface area (Å²) in [5.74, 6) is 0.318. The van der Waals surface area contributed by atoms with Crippen LogP contribution in [0.25, 0.3) is 10.9 Å². The molecular formula is C24H33N5O2. The van der Waals surface area contributed by atoms with Gasteiger partial charge in [0.2, 0.25) is 5.91 Å². The lowest BCUT2D eigenvalue weighted by Gasteiger charge is -2.43. The zero-order valence-corrected chi connectivity index (χ0v) is 18.5. The van der Waals surface area contributed by atoms with E-state index in [1.807, 2.05) is 51.7 Å². The van der Waals surface area contributed by atoms with Crippen LogP contribution in [0.5, 0.6) is 0 Å². The summed E-state index contributed by atoms with van der Waals surface area (Å²) in [6, 6.07) is 10.8. The van der Waals surface area contributed by atoms with E-state index in [0.717, 1.165) is 61.9 Å². The van der Waals surface area contributed by atoms with Crippen molar-refractivity contribution >= 4 is 22.7 Å². The predicted molar refractivity (Wildman–Crippen MR) is 121 cm³/mol. The summed E-state index contributed by atoms with van der Waals surface area (Å²) in [7, 11) is 1.95. The number of hydrogen-bond donors (Lipinski definition) is 0. The van der Waals surface area contributed by atoms with Crippen molar-refractivity contribution in [3.8, 4) is 0 Å². The monoisotopic (exact) mass is 423 g/mol. The van der Waals surface area contributed by atoms with Gasteiger partial charge in [0.25, 0.3) is 5.91 Å². The molecule has 1 saturated carbocycles. The third-order valence-electron chi connectivity index (χ3n) is 7.45. The molecule has 0 bridgehead atoms. The van der Waals surface area contributed by atoms with Crippen LogP contribution < -0.4 is 0 Å². The Kier molecular flexibility index (Phi) is 5.71. The number of piperazine rings is 2. The molecule has 1 aliphatic carbocycles.